The number of carbonyl (C=O) groups is 1. The van der Waals surface area contributed by atoms with Crippen LogP contribution in [0.5, 0.6) is 17.4 Å². The topological polar surface area (TPSA) is 102 Å². The maximum atomic E-state index is 13.3. The summed E-state index contributed by atoms with van der Waals surface area (Å²) >= 11 is 5.90. The molecule has 1 atom stereocenters. The van der Waals surface area contributed by atoms with E-state index in [-0.39, 0.29) is 24.2 Å². The summed E-state index contributed by atoms with van der Waals surface area (Å²) < 4.78 is 34.4. The van der Waals surface area contributed by atoms with Crippen molar-refractivity contribution in [2.24, 2.45) is 0 Å². The number of nitrogens with zero attached hydrogens (tertiary/aromatic N) is 4. The molecular weight excluding hydrogens is 480 g/mol. The number of methoxy groups -OCH3 is 1. The number of amides is 2. The Morgan fingerprint density at radius 1 is 1.09 bits per heavy atom. The van der Waals surface area contributed by atoms with Gasteiger partial charge in [0.05, 0.1) is 31.3 Å². The van der Waals surface area contributed by atoms with Crippen molar-refractivity contribution >= 4 is 33.3 Å². The Morgan fingerprint density at radius 2 is 1.85 bits per heavy atom. The Kier molecular flexibility index (Phi) is 6.90. The largest absolute Gasteiger partial charge is 0.497 e. The molecule has 1 aromatic heterocycles. The molecule has 1 saturated heterocycles. The van der Waals surface area contributed by atoms with Gasteiger partial charge in [0.1, 0.15) is 21.3 Å². The second kappa shape index (κ2) is 9.86. The molecule has 1 aliphatic heterocycles. The number of hydrogen-bond donors (Lipinski definition) is 0. The van der Waals surface area contributed by atoms with E-state index in [0.29, 0.717) is 28.9 Å². The number of anilines is 1. The van der Waals surface area contributed by atoms with Gasteiger partial charge < -0.3 is 14.4 Å². The van der Waals surface area contributed by atoms with Gasteiger partial charge >= 0.3 is 6.03 Å². The number of hydrogen-bond acceptors (Lipinski definition) is 7. The summed E-state index contributed by atoms with van der Waals surface area (Å²) in [7, 11) is -1.66. The Labute approximate surface area is 202 Å². The molecule has 34 heavy (non-hydrogen) atoms. The zero-order chi connectivity index (χ0) is 24.3. The van der Waals surface area contributed by atoms with Gasteiger partial charge in [0.2, 0.25) is 5.88 Å². The Bertz CT molecular complexity index is 1270. The molecule has 1 aliphatic rings. The fourth-order valence-corrected chi connectivity index (χ4v) is 4.27. The molecule has 2 aromatic carbocycles. The van der Waals surface area contributed by atoms with Gasteiger partial charge in [-0.3, -0.25) is 4.90 Å². The maximum absolute atomic E-state index is 13.3. The highest BCUT2D eigenvalue weighted by Crippen LogP contribution is 2.35. The van der Waals surface area contributed by atoms with Crippen LogP contribution in [0, 0.1) is 0 Å². The molecule has 3 aromatic rings. The van der Waals surface area contributed by atoms with Crippen LogP contribution in [-0.2, 0) is 9.84 Å². The van der Waals surface area contributed by atoms with Crippen molar-refractivity contribution in [3.05, 3.63) is 71.5 Å². The predicted octanol–water partition coefficient (Wildman–Crippen LogP) is 3.96. The fraction of sp³-hybridized carbons (Fsp3) is 0.261. The van der Waals surface area contributed by atoms with Gasteiger partial charge in [-0.05, 0) is 42.0 Å². The highest BCUT2D eigenvalue weighted by atomic mass is 35.5. The lowest BCUT2D eigenvalue weighted by Crippen LogP contribution is -2.35. The monoisotopic (exact) mass is 502 g/mol. The average Bonchev–Trinajstić information content (AvgIpc) is 3.15. The molecule has 11 heteroatoms. The molecule has 9 nitrogen and oxygen atoms in total. The van der Waals surface area contributed by atoms with Crippen LogP contribution in [0.3, 0.4) is 0 Å². The van der Waals surface area contributed by atoms with Crippen molar-refractivity contribution in [3.63, 3.8) is 0 Å². The van der Waals surface area contributed by atoms with Crippen LogP contribution in [0.4, 0.5) is 10.6 Å². The molecular formula is C23H23ClN4O5S. The van der Waals surface area contributed by atoms with Gasteiger partial charge in [0.25, 0.3) is 0 Å². The number of halogens is 1. The third kappa shape index (κ3) is 5.57. The third-order valence-corrected chi connectivity index (χ3v) is 6.47. The first kappa shape index (κ1) is 23.8. The minimum absolute atomic E-state index is 0.0832. The normalized spacial score (nSPS) is 16.1. The lowest BCUT2D eigenvalue weighted by molar-refractivity contribution is 0.223. The number of carbonyl (C=O) groups excluding carboxylic acids is 1. The Morgan fingerprint density at radius 3 is 2.50 bits per heavy atom. The second-order valence-corrected chi connectivity index (χ2v) is 10.5. The van der Waals surface area contributed by atoms with Gasteiger partial charge in [0, 0.05) is 24.4 Å². The highest BCUT2D eigenvalue weighted by molar-refractivity contribution is 7.90. The van der Waals surface area contributed by atoms with Crippen LogP contribution in [0.1, 0.15) is 11.6 Å². The van der Waals surface area contributed by atoms with E-state index in [1.165, 1.54) is 22.2 Å². The van der Waals surface area contributed by atoms with Gasteiger partial charge in [-0.15, -0.1) is 0 Å². The predicted molar refractivity (Wildman–Crippen MR) is 128 cm³/mol. The number of ether oxygens (including phenoxy) is 2. The van der Waals surface area contributed by atoms with Crippen LogP contribution in [0.2, 0.25) is 5.02 Å². The smallest absolute Gasteiger partial charge is 0.326 e. The van der Waals surface area contributed by atoms with Gasteiger partial charge in [-0.1, -0.05) is 23.7 Å². The lowest BCUT2D eigenvalue weighted by Gasteiger charge is -2.22. The molecule has 0 aliphatic carbocycles. The van der Waals surface area contributed by atoms with E-state index in [9.17, 15) is 13.2 Å². The van der Waals surface area contributed by atoms with Crippen molar-refractivity contribution in [1.82, 2.24) is 14.9 Å². The van der Waals surface area contributed by atoms with E-state index in [4.69, 9.17) is 21.1 Å². The molecule has 2 heterocycles. The molecule has 0 spiro atoms. The number of urea groups is 1. The zero-order valence-corrected chi connectivity index (χ0v) is 20.2. The van der Waals surface area contributed by atoms with Gasteiger partial charge in [-0.2, -0.15) is 0 Å². The molecule has 0 bridgehead atoms. The number of benzene rings is 2. The number of sulfone groups is 1. The third-order valence-electron chi connectivity index (χ3n) is 5.29. The summed E-state index contributed by atoms with van der Waals surface area (Å²) in [6, 6.07) is 13.4. The van der Waals surface area contributed by atoms with E-state index in [2.05, 4.69) is 9.97 Å². The molecule has 2 amide bonds. The SMILES string of the molecule is COc1cccc([C@H]2CN(CCS(C)(=O)=O)C(=O)N2c2cnc(Oc3ccc(Cl)cc3)cn2)c1. The van der Waals surface area contributed by atoms with Crippen molar-refractivity contribution in [3.8, 4) is 17.4 Å². The summed E-state index contributed by atoms with van der Waals surface area (Å²) in [5.74, 6) is 1.65. The van der Waals surface area contributed by atoms with Crippen LogP contribution in [0.25, 0.3) is 0 Å². The van der Waals surface area contributed by atoms with Crippen molar-refractivity contribution < 1.29 is 22.7 Å². The van der Waals surface area contributed by atoms with E-state index in [1.54, 1.807) is 31.4 Å². The van der Waals surface area contributed by atoms with Crippen LogP contribution >= 0.6 is 11.6 Å². The minimum Gasteiger partial charge on any atom is -0.497 e. The van der Waals surface area contributed by atoms with E-state index >= 15 is 0 Å². The first-order valence-electron chi connectivity index (χ1n) is 10.4. The first-order chi connectivity index (χ1) is 16.2. The Hall–Kier alpha value is -3.37. The molecule has 4 rings (SSSR count). The fourth-order valence-electron chi connectivity index (χ4n) is 3.59. The lowest BCUT2D eigenvalue weighted by atomic mass is 10.1. The Balaban J connectivity index is 1.61. The zero-order valence-electron chi connectivity index (χ0n) is 18.6. The maximum Gasteiger partial charge on any atom is 0.326 e. The van der Waals surface area contributed by atoms with Crippen molar-refractivity contribution in [1.29, 1.82) is 0 Å². The summed E-state index contributed by atoms with van der Waals surface area (Å²) in [4.78, 5) is 25.0. The van der Waals surface area contributed by atoms with Gasteiger partial charge in [0.15, 0.2) is 5.82 Å². The molecule has 0 N–H and O–H groups in total. The summed E-state index contributed by atoms with van der Waals surface area (Å²) in [5.41, 5.74) is 0.831. The van der Waals surface area contributed by atoms with Gasteiger partial charge in [-0.25, -0.2) is 23.2 Å². The minimum atomic E-state index is -3.23. The quantitative estimate of drug-likeness (QED) is 0.459. The average molecular weight is 503 g/mol. The summed E-state index contributed by atoms with van der Waals surface area (Å²) in [6.45, 7) is 0.381. The molecule has 1 fully saturated rings. The van der Waals surface area contributed by atoms with E-state index in [0.717, 1.165) is 11.8 Å². The van der Waals surface area contributed by atoms with Crippen LogP contribution < -0.4 is 14.4 Å². The summed E-state index contributed by atoms with van der Waals surface area (Å²) in [5, 5.41) is 0.588. The summed E-state index contributed by atoms with van der Waals surface area (Å²) in [6.07, 6.45) is 4.03. The van der Waals surface area contributed by atoms with Crippen molar-refractivity contribution in [2.75, 3.05) is 37.1 Å². The van der Waals surface area contributed by atoms with E-state index in [1.807, 2.05) is 24.3 Å². The highest BCUT2D eigenvalue weighted by Gasteiger charge is 2.40. The molecule has 0 radical (unpaired) electrons. The second-order valence-electron chi connectivity index (χ2n) is 7.79. The van der Waals surface area contributed by atoms with Crippen LogP contribution in [-0.4, -0.2) is 61.5 Å². The van der Waals surface area contributed by atoms with Crippen LogP contribution in [0.15, 0.2) is 60.9 Å². The van der Waals surface area contributed by atoms with E-state index < -0.39 is 15.9 Å². The molecule has 0 unspecified atom stereocenters. The first-order valence-corrected chi connectivity index (χ1v) is 12.8. The molecule has 0 saturated carbocycles. The number of aromatic nitrogens is 2. The van der Waals surface area contributed by atoms with Crippen molar-refractivity contribution in [2.45, 2.75) is 6.04 Å². The number of rotatable bonds is 8. The standard InChI is InChI=1S/C23H23ClN4O5S/c1-32-19-5-3-4-16(12-19)20-15-27(10-11-34(2,30)31)23(29)28(20)21-13-26-22(14-25-21)33-18-8-6-17(24)7-9-18/h3-9,12-14,20H,10-11,15H2,1-2H3/t20-/m1/s1. The molecule has 178 valence electrons.